The minimum Gasteiger partial charge on any atom is -0.496 e. The van der Waals surface area contributed by atoms with E-state index in [9.17, 15) is 19.2 Å². The second kappa shape index (κ2) is 11.2. The molecule has 0 radical (unpaired) electrons. The van der Waals surface area contributed by atoms with Gasteiger partial charge in [0.05, 0.1) is 19.7 Å². The lowest BCUT2D eigenvalue weighted by molar-refractivity contribution is -0.142. The highest BCUT2D eigenvalue weighted by atomic mass is 16.5. The zero-order chi connectivity index (χ0) is 24.8. The number of nitrogens with one attached hydrogen (secondary N) is 3. The predicted octanol–water partition coefficient (Wildman–Crippen LogP) is 2.41. The third kappa shape index (κ3) is 5.58. The number of carbonyl (C=O) groups is 4. The van der Waals surface area contributed by atoms with Gasteiger partial charge < -0.3 is 25.3 Å². The van der Waals surface area contributed by atoms with Crippen molar-refractivity contribution in [1.82, 2.24) is 20.5 Å². The van der Waals surface area contributed by atoms with Gasteiger partial charge in [0, 0.05) is 35.8 Å². The number of rotatable bonds is 10. The molecule has 3 rings (SSSR count). The summed E-state index contributed by atoms with van der Waals surface area (Å²) in [5.41, 5.74) is 1.06. The van der Waals surface area contributed by atoms with Gasteiger partial charge in [0.1, 0.15) is 11.4 Å². The van der Waals surface area contributed by atoms with Crippen LogP contribution in [0.2, 0.25) is 0 Å². The first-order valence-corrected chi connectivity index (χ1v) is 11.8. The van der Waals surface area contributed by atoms with Crippen molar-refractivity contribution in [2.75, 3.05) is 20.2 Å². The maximum absolute atomic E-state index is 13.2. The van der Waals surface area contributed by atoms with Gasteiger partial charge in [-0.2, -0.15) is 0 Å². The number of H-pyrrole nitrogens is 1. The van der Waals surface area contributed by atoms with E-state index in [0.717, 1.165) is 17.3 Å². The average Bonchev–Trinajstić information content (AvgIpc) is 3.27. The van der Waals surface area contributed by atoms with Crippen LogP contribution in [0.15, 0.2) is 24.3 Å². The third-order valence-corrected chi connectivity index (χ3v) is 6.30. The molecule has 2 heterocycles. The zero-order valence-electron chi connectivity index (χ0n) is 20.3. The number of methoxy groups -OCH3 is 1. The topological polar surface area (TPSA) is 121 Å². The van der Waals surface area contributed by atoms with Crippen LogP contribution >= 0.6 is 0 Å². The molecule has 0 spiro atoms. The smallest absolute Gasteiger partial charge is 0.268 e. The molecular formula is C25H34N4O5. The Hall–Kier alpha value is -3.36. The van der Waals surface area contributed by atoms with Crippen molar-refractivity contribution in [1.29, 1.82) is 0 Å². The van der Waals surface area contributed by atoms with Crippen LogP contribution in [-0.4, -0.2) is 65.7 Å². The number of aromatic amines is 1. The summed E-state index contributed by atoms with van der Waals surface area (Å²) in [6.45, 7) is 5.81. The highest BCUT2D eigenvalue weighted by Crippen LogP contribution is 2.26. The van der Waals surface area contributed by atoms with E-state index < -0.39 is 11.9 Å². The molecule has 0 aliphatic carbocycles. The Morgan fingerprint density at radius 3 is 2.68 bits per heavy atom. The van der Waals surface area contributed by atoms with Gasteiger partial charge in [-0.25, -0.2) is 0 Å². The van der Waals surface area contributed by atoms with Crippen LogP contribution in [0.3, 0.4) is 0 Å². The van der Waals surface area contributed by atoms with Crippen molar-refractivity contribution in [2.45, 2.75) is 58.5 Å². The van der Waals surface area contributed by atoms with Crippen molar-refractivity contribution in [3.05, 3.63) is 30.0 Å². The van der Waals surface area contributed by atoms with Crippen molar-refractivity contribution < 1.29 is 23.9 Å². The number of piperidine rings is 1. The Morgan fingerprint density at radius 1 is 1.26 bits per heavy atom. The van der Waals surface area contributed by atoms with Gasteiger partial charge in [-0.1, -0.05) is 13.0 Å². The largest absolute Gasteiger partial charge is 0.496 e. The maximum atomic E-state index is 13.2. The average molecular weight is 471 g/mol. The molecule has 1 aliphatic heterocycles. The van der Waals surface area contributed by atoms with Gasteiger partial charge in [0.2, 0.25) is 11.8 Å². The summed E-state index contributed by atoms with van der Waals surface area (Å²) in [4.78, 5) is 55.7. The summed E-state index contributed by atoms with van der Waals surface area (Å²) >= 11 is 0. The SMILES string of the molecule is CCC(=O)C(C[C@@H]1CCCNC1=O)N(C(=O)CNC(=O)c1cc2c(OC)cccc2[nH]1)C(C)C. The van der Waals surface area contributed by atoms with Crippen LogP contribution in [0, 0.1) is 5.92 Å². The van der Waals surface area contributed by atoms with E-state index in [-0.39, 0.29) is 48.9 Å². The number of Topliss-reactive ketones (excluding diaryl/α,β-unsaturated/α-hetero) is 1. The quantitative estimate of drug-likeness (QED) is 0.492. The molecule has 1 aromatic heterocycles. The number of benzene rings is 1. The molecule has 1 aromatic carbocycles. The number of carbonyl (C=O) groups excluding carboxylic acids is 4. The van der Waals surface area contributed by atoms with E-state index in [1.165, 1.54) is 4.90 Å². The first kappa shape index (κ1) is 25.3. The molecule has 2 atom stereocenters. The lowest BCUT2D eigenvalue weighted by Crippen LogP contribution is -2.53. The highest BCUT2D eigenvalue weighted by molar-refractivity contribution is 6.01. The second-order valence-corrected chi connectivity index (χ2v) is 8.88. The lowest BCUT2D eigenvalue weighted by Gasteiger charge is -2.36. The maximum Gasteiger partial charge on any atom is 0.268 e. The van der Waals surface area contributed by atoms with Gasteiger partial charge in [0.15, 0.2) is 5.78 Å². The van der Waals surface area contributed by atoms with Crippen LogP contribution in [0.25, 0.3) is 10.9 Å². The van der Waals surface area contributed by atoms with E-state index in [2.05, 4.69) is 15.6 Å². The van der Waals surface area contributed by atoms with E-state index in [0.29, 0.717) is 24.4 Å². The van der Waals surface area contributed by atoms with Gasteiger partial charge in [-0.3, -0.25) is 19.2 Å². The monoisotopic (exact) mass is 470 g/mol. The molecule has 1 unspecified atom stereocenters. The third-order valence-electron chi connectivity index (χ3n) is 6.30. The van der Waals surface area contributed by atoms with Crippen molar-refractivity contribution in [3.8, 4) is 5.75 Å². The molecule has 9 heteroatoms. The Labute approximate surface area is 199 Å². The van der Waals surface area contributed by atoms with E-state index in [4.69, 9.17) is 4.74 Å². The number of nitrogens with zero attached hydrogens (tertiary/aromatic N) is 1. The molecule has 34 heavy (non-hydrogen) atoms. The molecule has 3 N–H and O–H groups in total. The van der Waals surface area contributed by atoms with Gasteiger partial charge in [-0.15, -0.1) is 0 Å². The van der Waals surface area contributed by atoms with Crippen LogP contribution in [0.4, 0.5) is 0 Å². The lowest BCUT2D eigenvalue weighted by atomic mass is 9.88. The molecule has 0 bridgehead atoms. The highest BCUT2D eigenvalue weighted by Gasteiger charge is 2.35. The summed E-state index contributed by atoms with van der Waals surface area (Å²) in [5.74, 6) is -0.615. The van der Waals surface area contributed by atoms with E-state index in [1.54, 1.807) is 26.2 Å². The van der Waals surface area contributed by atoms with E-state index >= 15 is 0 Å². The molecule has 0 saturated carbocycles. The molecule has 9 nitrogen and oxygen atoms in total. The fourth-order valence-electron chi connectivity index (χ4n) is 4.56. The first-order chi connectivity index (χ1) is 16.3. The molecule has 184 valence electrons. The Kier molecular flexibility index (Phi) is 8.31. The Morgan fingerprint density at radius 2 is 2.03 bits per heavy atom. The van der Waals surface area contributed by atoms with Crippen LogP contribution in [0.1, 0.15) is 56.9 Å². The minimum atomic E-state index is -0.708. The summed E-state index contributed by atoms with van der Waals surface area (Å²) in [7, 11) is 1.56. The molecular weight excluding hydrogens is 436 g/mol. The molecule has 1 saturated heterocycles. The fraction of sp³-hybridized carbons (Fsp3) is 0.520. The van der Waals surface area contributed by atoms with Crippen LogP contribution < -0.4 is 15.4 Å². The number of amides is 3. The molecule has 1 fully saturated rings. The van der Waals surface area contributed by atoms with Gasteiger partial charge in [-0.05, 0) is 51.3 Å². The van der Waals surface area contributed by atoms with Crippen LogP contribution in [-0.2, 0) is 14.4 Å². The Bertz CT molecular complexity index is 1060. The van der Waals surface area contributed by atoms with Crippen molar-refractivity contribution >= 4 is 34.4 Å². The molecule has 3 amide bonds. The normalized spacial score (nSPS) is 16.7. The summed E-state index contributed by atoms with van der Waals surface area (Å²) in [5, 5.41) is 6.28. The molecule has 2 aromatic rings. The number of hydrogen-bond acceptors (Lipinski definition) is 5. The summed E-state index contributed by atoms with van der Waals surface area (Å²) in [6, 6.07) is 6.16. The standard InChI is InChI=1S/C25H34N4O5/c1-5-21(30)20(12-16-8-7-11-26-24(16)32)29(15(2)3)23(31)14-27-25(33)19-13-17-18(28-19)9-6-10-22(17)34-4/h6,9-10,13,15-16,20,28H,5,7-8,11-12,14H2,1-4H3,(H,26,32)(H,27,33)/t16-,20?/m0/s1. The first-order valence-electron chi connectivity index (χ1n) is 11.8. The fourth-order valence-corrected chi connectivity index (χ4v) is 4.56. The number of ketones is 1. The number of hydrogen-bond donors (Lipinski definition) is 3. The van der Waals surface area contributed by atoms with E-state index in [1.807, 2.05) is 26.0 Å². The minimum absolute atomic E-state index is 0.0705. The Balaban J connectivity index is 1.73. The zero-order valence-corrected chi connectivity index (χ0v) is 20.3. The number of aromatic nitrogens is 1. The predicted molar refractivity (Wildman–Crippen MR) is 129 cm³/mol. The van der Waals surface area contributed by atoms with Crippen molar-refractivity contribution in [3.63, 3.8) is 0 Å². The molecule has 1 aliphatic rings. The van der Waals surface area contributed by atoms with Crippen LogP contribution in [0.5, 0.6) is 5.75 Å². The summed E-state index contributed by atoms with van der Waals surface area (Å²) < 4.78 is 5.33. The second-order valence-electron chi connectivity index (χ2n) is 8.88. The number of fused-ring (bicyclic) bond motifs is 1. The summed E-state index contributed by atoms with van der Waals surface area (Å²) in [6.07, 6.45) is 2.10. The van der Waals surface area contributed by atoms with Crippen molar-refractivity contribution in [2.24, 2.45) is 5.92 Å². The van der Waals surface area contributed by atoms with Gasteiger partial charge >= 0.3 is 0 Å². The number of ether oxygens (including phenoxy) is 1. The van der Waals surface area contributed by atoms with Gasteiger partial charge in [0.25, 0.3) is 5.91 Å².